The Hall–Kier alpha value is -1.04. The molecule has 1 atom stereocenters. The van der Waals surface area contributed by atoms with Crippen LogP contribution in [0.3, 0.4) is 0 Å². The Morgan fingerprint density at radius 1 is 1.47 bits per heavy atom. The summed E-state index contributed by atoms with van der Waals surface area (Å²) in [7, 11) is 1.65. The number of hydrogen-bond donors (Lipinski definition) is 3. The van der Waals surface area contributed by atoms with Gasteiger partial charge in [0.15, 0.2) is 0 Å². The Morgan fingerprint density at radius 3 is 2.74 bits per heavy atom. The van der Waals surface area contributed by atoms with Crippen molar-refractivity contribution in [2.24, 2.45) is 0 Å². The van der Waals surface area contributed by atoms with Crippen LogP contribution in [0.5, 0.6) is 0 Å². The van der Waals surface area contributed by atoms with Crippen molar-refractivity contribution in [3.05, 3.63) is 23.1 Å². The lowest BCUT2D eigenvalue weighted by atomic mass is 10.3. The fourth-order valence-corrected chi connectivity index (χ4v) is 1.49. The van der Waals surface area contributed by atoms with Crippen LogP contribution in [-0.2, 0) is 9.57 Å². The Morgan fingerprint density at radius 2 is 2.16 bits per heavy atom. The van der Waals surface area contributed by atoms with E-state index in [9.17, 15) is 0 Å². The van der Waals surface area contributed by atoms with Crippen molar-refractivity contribution in [3.8, 4) is 0 Å². The molecular weight excluding hydrogens is 266 g/mol. The standard InChI is InChI=1S/C13H24ClN3O2/c1-5-18-10(2)6-7-17-9-12(14)13(15)8-11(3)19-16-4/h8-10,15-17H,5-7H2,1-4H3/b11-8+,12-9-,15-13?/t10-/m0/s1. The average Bonchev–Trinajstić information content (AvgIpc) is 2.34. The Kier molecular flexibility index (Phi) is 10.2. The quantitative estimate of drug-likeness (QED) is 0.250. The number of allylic oxidation sites excluding steroid dienone is 3. The fourth-order valence-electron chi connectivity index (χ4n) is 1.36. The van der Waals surface area contributed by atoms with Gasteiger partial charge in [-0.3, -0.25) is 5.41 Å². The number of halogens is 1. The van der Waals surface area contributed by atoms with Gasteiger partial charge in [0.1, 0.15) is 5.76 Å². The van der Waals surface area contributed by atoms with Crippen LogP contribution >= 0.6 is 11.6 Å². The summed E-state index contributed by atoms with van der Waals surface area (Å²) in [5.41, 5.74) is 2.73. The third-order valence-electron chi connectivity index (χ3n) is 2.24. The Labute approximate surface area is 120 Å². The Balaban J connectivity index is 4.05. The summed E-state index contributed by atoms with van der Waals surface area (Å²) in [4.78, 5) is 4.99. The zero-order valence-electron chi connectivity index (χ0n) is 12.0. The van der Waals surface area contributed by atoms with Crippen LogP contribution in [0.1, 0.15) is 27.2 Å². The van der Waals surface area contributed by atoms with Gasteiger partial charge in [-0.1, -0.05) is 11.6 Å². The number of hydrogen-bond acceptors (Lipinski definition) is 5. The van der Waals surface area contributed by atoms with Crippen molar-refractivity contribution >= 4 is 17.3 Å². The molecule has 0 aromatic heterocycles. The smallest absolute Gasteiger partial charge is 0.123 e. The number of ether oxygens (including phenoxy) is 1. The minimum absolute atomic E-state index is 0.194. The predicted molar refractivity (Wildman–Crippen MR) is 79.3 cm³/mol. The molecule has 0 rings (SSSR count). The second-order valence-corrected chi connectivity index (χ2v) is 4.38. The molecule has 0 aromatic carbocycles. The second kappa shape index (κ2) is 10.8. The van der Waals surface area contributed by atoms with E-state index in [-0.39, 0.29) is 11.8 Å². The lowest BCUT2D eigenvalue weighted by Gasteiger charge is -2.11. The molecule has 110 valence electrons. The van der Waals surface area contributed by atoms with Crippen LogP contribution in [0.4, 0.5) is 0 Å². The van der Waals surface area contributed by atoms with E-state index in [1.165, 1.54) is 0 Å². The molecule has 0 saturated heterocycles. The summed E-state index contributed by atoms with van der Waals surface area (Å²) >= 11 is 5.97. The molecule has 0 radical (unpaired) electrons. The molecule has 3 N–H and O–H groups in total. The minimum Gasteiger partial charge on any atom is -0.414 e. The molecule has 0 aliphatic heterocycles. The highest BCUT2D eigenvalue weighted by Gasteiger charge is 2.02. The van der Waals surface area contributed by atoms with E-state index in [0.717, 1.165) is 19.6 Å². The van der Waals surface area contributed by atoms with E-state index in [4.69, 9.17) is 26.6 Å². The first kappa shape index (κ1) is 18.0. The van der Waals surface area contributed by atoms with Crippen molar-refractivity contribution in [3.63, 3.8) is 0 Å². The van der Waals surface area contributed by atoms with E-state index >= 15 is 0 Å². The monoisotopic (exact) mass is 289 g/mol. The molecule has 0 aliphatic carbocycles. The average molecular weight is 290 g/mol. The zero-order chi connectivity index (χ0) is 14.7. The molecule has 6 heteroatoms. The van der Waals surface area contributed by atoms with Gasteiger partial charge in [0.05, 0.1) is 16.8 Å². The minimum atomic E-state index is 0.194. The maximum absolute atomic E-state index is 7.74. The molecular formula is C13H24ClN3O2. The summed E-state index contributed by atoms with van der Waals surface area (Å²) in [6.07, 6.45) is 4.26. The summed E-state index contributed by atoms with van der Waals surface area (Å²) in [5, 5.41) is 11.1. The van der Waals surface area contributed by atoms with Crippen LogP contribution in [0.2, 0.25) is 0 Å². The van der Waals surface area contributed by atoms with Gasteiger partial charge in [-0.25, -0.2) is 0 Å². The van der Waals surface area contributed by atoms with Crippen LogP contribution in [-0.4, -0.2) is 32.0 Å². The van der Waals surface area contributed by atoms with Gasteiger partial charge in [0, 0.05) is 32.5 Å². The molecule has 0 aliphatic rings. The van der Waals surface area contributed by atoms with E-state index in [1.54, 1.807) is 26.2 Å². The molecule has 0 saturated carbocycles. The van der Waals surface area contributed by atoms with Crippen LogP contribution in [0, 0.1) is 5.41 Å². The highest BCUT2D eigenvalue weighted by atomic mass is 35.5. The molecule has 5 nitrogen and oxygen atoms in total. The van der Waals surface area contributed by atoms with Gasteiger partial charge >= 0.3 is 0 Å². The maximum atomic E-state index is 7.74. The molecule has 0 unspecified atom stereocenters. The summed E-state index contributed by atoms with van der Waals surface area (Å²) in [6.45, 7) is 7.22. The first-order valence-electron chi connectivity index (χ1n) is 6.32. The summed E-state index contributed by atoms with van der Waals surface area (Å²) in [6, 6.07) is 0. The molecule has 0 amide bonds. The van der Waals surface area contributed by atoms with Crippen molar-refractivity contribution in [1.82, 2.24) is 10.8 Å². The molecule has 0 heterocycles. The molecule has 0 bridgehead atoms. The Bertz CT molecular complexity index is 330. The molecule has 0 fully saturated rings. The normalized spacial score (nSPS) is 14.2. The number of hydroxylamine groups is 1. The van der Waals surface area contributed by atoms with Gasteiger partial charge in [-0.2, -0.15) is 5.48 Å². The zero-order valence-corrected chi connectivity index (χ0v) is 12.8. The van der Waals surface area contributed by atoms with E-state index < -0.39 is 0 Å². The van der Waals surface area contributed by atoms with Gasteiger partial charge in [0.2, 0.25) is 0 Å². The van der Waals surface area contributed by atoms with Crippen LogP contribution in [0.25, 0.3) is 0 Å². The lowest BCUT2D eigenvalue weighted by molar-refractivity contribution is 0.0711. The predicted octanol–water partition coefficient (Wildman–Crippen LogP) is 2.55. The highest BCUT2D eigenvalue weighted by molar-refractivity contribution is 6.44. The van der Waals surface area contributed by atoms with E-state index in [0.29, 0.717) is 10.8 Å². The number of nitrogens with one attached hydrogen (secondary N) is 3. The molecule has 19 heavy (non-hydrogen) atoms. The largest absolute Gasteiger partial charge is 0.414 e. The van der Waals surface area contributed by atoms with Crippen molar-refractivity contribution < 1.29 is 9.57 Å². The van der Waals surface area contributed by atoms with E-state index in [1.807, 2.05) is 13.8 Å². The van der Waals surface area contributed by atoms with Gasteiger partial charge in [-0.05, 0) is 27.2 Å². The first-order chi connectivity index (χ1) is 9.01. The lowest BCUT2D eigenvalue weighted by Crippen LogP contribution is -2.17. The fraction of sp³-hybridized carbons (Fsp3) is 0.615. The van der Waals surface area contributed by atoms with Gasteiger partial charge in [-0.15, -0.1) is 0 Å². The highest BCUT2D eigenvalue weighted by Crippen LogP contribution is 2.06. The van der Waals surface area contributed by atoms with Crippen LogP contribution in [0.15, 0.2) is 23.1 Å². The third kappa shape index (κ3) is 9.53. The first-order valence-corrected chi connectivity index (χ1v) is 6.70. The molecule has 0 spiro atoms. The van der Waals surface area contributed by atoms with Gasteiger partial charge in [0.25, 0.3) is 0 Å². The number of rotatable bonds is 10. The van der Waals surface area contributed by atoms with Gasteiger partial charge < -0.3 is 14.9 Å². The van der Waals surface area contributed by atoms with Crippen LogP contribution < -0.4 is 10.8 Å². The van der Waals surface area contributed by atoms with Crippen molar-refractivity contribution in [2.45, 2.75) is 33.3 Å². The third-order valence-corrected chi connectivity index (χ3v) is 2.56. The maximum Gasteiger partial charge on any atom is 0.123 e. The second-order valence-electron chi connectivity index (χ2n) is 3.98. The SMILES string of the molecule is CCO[C@@H](C)CCN/C=C(\Cl)C(=N)/C=C(\C)ONC. The summed E-state index contributed by atoms with van der Waals surface area (Å²) < 4.78 is 5.41. The van der Waals surface area contributed by atoms with E-state index in [2.05, 4.69) is 10.8 Å². The van der Waals surface area contributed by atoms with Crippen molar-refractivity contribution in [2.75, 3.05) is 20.2 Å². The topological polar surface area (TPSA) is 66.4 Å². The summed E-state index contributed by atoms with van der Waals surface area (Å²) in [5.74, 6) is 0.573. The molecule has 0 aromatic rings. The van der Waals surface area contributed by atoms with Crippen molar-refractivity contribution in [1.29, 1.82) is 5.41 Å².